The monoisotopic (exact) mass is 310 g/mol. The molecule has 1 aromatic carbocycles. The van der Waals surface area contributed by atoms with Crippen molar-refractivity contribution in [3.05, 3.63) is 41.1 Å². The minimum absolute atomic E-state index is 0.712. The number of piperidine rings is 1. The zero-order chi connectivity index (χ0) is 16.4. The van der Waals surface area contributed by atoms with Gasteiger partial charge < -0.3 is 10.2 Å². The third kappa shape index (κ3) is 3.81. The van der Waals surface area contributed by atoms with Crippen LogP contribution >= 0.6 is 0 Å². The maximum atomic E-state index is 4.74. The van der Waals surface area contributed by atoms with Gasteiger partial charge in [-0.15, -0.1) is 0 Å². The van der Waals surface area contributed by atoms with Crippen molar-refractivity contribution in [1.29, 1.82) is 0 Å². The highest BCUT2D eigenvalue weighted by Crippen LogP contribution is 2.23. The van der Waals surface area contributed by atoms with E-state index in [4.69, 9.17) is 4.98 Å². The Morgan fingerprint density at radius 2 is 1.91 bits per heavy atom. The van der Waals surface area contributed by atoms with E-state index in [1.54, 1.807) is 0 Å². The van der Waals surface area contributed by atoms with E-state index < -0.39 is 0 Å². The van der Waals surface area contributed by atoms with Crippen molar-refractivity contribution in [2.75, 3.05) is 23.3 Å². The summed E-state index contributed by atoms with van der Waals surface area (Å²) in [6.07, 6.45) is 2.52. The summed E-state index contributed by atoms with van der Waals surface area (Å²) in [5.41, 5.74) is 4.66. The van der Waals surface area contributed by atoms with Gasteiger partial charge in [0.05, 0.1) is 0 Å². The third-order valence-electron chi connectivity index (χ3n) is 4.56. The van der Waals surface area contributed by atoms with Crippen LogP contribution in [0.5, 0.6) is 0 Å². The van der Waals surface area contributed by atoms with Crippen LogP contribution in [0.4, 0.5) is 17.5 Å². The number of nitrogens with zero attached hydrogens (tertiary/aromatic N) is 3. The maximum Gasteiger partial charge on any atom is 0.227 e. The summed E-state index contributed by atoms with van der Waals surface area (Å²) in [4.78, 5) is 11.7. The van der Waals surface area contributed by atoms with Gasteiger partial charge in [0.25, 0.3) is 0 Å². The molecule has 2 heterocycles. The SMILES string of the molecule is Cc1cc(Nc2ccc(C)c(C)c2)nc(N2CCCC(C)C2)n1. The molecule has 23 heavy (non-hydrogen) atoms. The number of anilines is 3. The van der Waals surface area contributed by atoms with Gasteiger partial charge in [0.1, 0.15) is 5.82 Å². The molecule has 1 atom stereocenters. The normalized spacial score (nSPS) is 18.1. The molecule has 4 nitrogen and oxygen atoms in total. The van der Waals surface area contributed by atoms with E-state index in [1.807, 2.05) is 13.0 Å². The number of aryl methyl sites for hydroxylation is 3. The number of hydrogen-bond acceptors (Lipinski definition) is 4. The number of hydrogen-bond donors (Lipinski definition) is 1. The lowest BCUT2D eigenvalue weighted by molar-refractivity contribution is 0.442. The van der Waals surface area contributed by atoms with E-state index in [-0.39, 0.29) is 0 Å². The second kappa shape index (κ2) is 6.57. The van der Waals surface area contributed by atoms with Gasteiger partial charge in [-0.05, 0) is 62.8 Å². The van der Waals surface area contributed by atoms with Gasteiger partial charge in [-0.2, -0.15) is 4.98 Å². The number of benzene rings is 1. The van der Waals surface area contributed by atoms with Gasteiger partial charge in [0, 0.05) is 30.5 Å². The van der Waals surface area contributed by atoms with Crippen LogP contribution in [-0.2, 0) is 0 Å². The molecule has 1 aromatic heterocycles. The highest BCUT2D eigenvalue weighted by Gasteiger charge is 2.19. The molecule has 1 aliphatic heterocycles. The smallest absolute Gasteiger partial charge is 0.227 e. The molecule has 1 unspecified atom stereocenters. The molecule has 1 aliphatic rings. The fourth-order valence-corrected chi connectivity index (χ4v) is 3.10. The molecule has 122 valence electrons. The molecule has 3 rings (SSSR count). The summed E-state index contributed by atoms with van der Waals surface area (Å²) in [5.74, 6) is 2.43. The van der Waals surface area contributed by atoms with Crippen molar-refractivity contribution in [3.8, 4) is 0 Å². The van der Waals surface area contributed by atoms with Gasteiger partial charge in [-0.1, -0.05) is 13.0 Å². The van der Waals surface area contributed by atoms with Crippen molar-refractivity contribution < 1.29 is 0 Å². The molecular weight excluding hydrogens is 284 g/mol. The van der Waals surface area contributed by atoms with Crippen LogP contribution in [0.25, 0.3) is 0 Å². The van der Waals surface area contributed by atoms with E-state index in [2.05, 4.69) is 54.2 Å². The second-order valence-electron chi connectivity index (χ2n) is 6.81. The van der Waals surface area contributed by atoms with E-state index in [1.165, 1.54) is 24.0 Å². The van der Waals surface area contributed by atoms with Crippen LogP contribution in [-0.4, -0.2) is 23.1 Å². The predicted molar refractivity (Wildman–Crippen MR) is 96.6 cm³/mol. The van der Waals surface area contributed by atoms with Crippen molar-refractivity contribution >= 4 is 17.5 Å². The summed E-state index contributed by atoms with van der Waals surface area (Å²) in [6, 6.07) is 8.41. The van der Waals surface area contributed by atoms with E-state index in [0.29, 0.717) is 5.92 Å². The average molecular weight is 310 g/mol. The summed E-state index contributed by atoms with van der Waals surface area (Å²) < 4.78 is 0. The van der Waals surface area contributed by atoms with Gasteiger partial charge >= 0.3 is 0 Å². The Hall–Kier alpha value is -2.10. The minimum Gasteiger partial charge on any atom is -0.340 e. The summed E-state index contributed by atoms with van der Waals surface area (Å²) in [5, 5.41) is 3.43. The van der Waals surface area contributed by atoms with E-state index in [0.717, 1.165) is 36.2 Å². The Kier molecular flexibility index (Phi) is 4.51. The molecule has 0 spiro atoms. The quantitative estimate of drug-likeness (QED) is 0.913. The van der Waals surface area contributed by atoms with Crippen molar-refractivity contribution in [2.45, 2.75) is 40.5 Å². The third-order valence-corrected chi connectivity index (χ3v) is 4.56. The first-order valence-electron chi connectivity index (χ1n) is 8.46. The lowest BCUT2D eigenvalue weighted by atomic mass is 10.0. The fraction of sp³-hybridized carbons (Fsp3) is 0.474. The first kappa shape index (κ1) is 15.8. The molecule has 4 heteroatoms. The van der Waals surface area contributed by atoms with Crippen molar-refractivity contribution in [3.63, 3.8) is 0 Å². The highest BCUT2D eigenvalue weighted by atomic mass is 15.3. The van der Waals surface area contributed by atoms with Gasteiger partial charge in [0.2, 0.25) is 5.95 Å². The Bertz CT molecular complexity index is 696. The van der Waals surface area contributed by atoms with Gasteiger partial charge in [-0.3, -0.25) is 0 Å². The second-order valence-corrected chi connectivity index (χ2v) is 6.81. The number of rotatable bonds is 3. The lowest BCUT2D eigenvalue weighted by Crippen LogP contribution is -2.35. The fourth-order valence-electron chi connectivity index (χ4n) is 3.10. The van der Waals surface area contributed by atoms with Gasteiger partial charge in [-0.25, -0.2) is 4.98 Å². The molecule has 0 bridgehead atoms. The van der Waals surface area contributed by atoms with Crippen LogP contribution < -0.4 is 10.2 Å². The number of aromatic nitrogens is 2. The summed E-state index contributed by atoms with van der Waals surface area (Å²) in [6.45, 7) is 10.7. The average Bonchev–Trinajstić information content (AvgIpc) is 2.50. The van der Waals surface area contributed by atoms with Crippen LogP contribution in [0, 0.1) is 26.7 Å². The van der Waals surface area contributed by atoms with Crippen LogP contribution in [0.1, 0.15) is 36.6 Å². The first-order chi connectivity index (χ1) is 11.0. The highest BCUT2D eigenvalue weighted by molar-refractivity contribution is 5.59. The van der Waals surface area contributed by atoms with Crippen LogP contribution in [0.15, 0.2) is 24.3 Å². The Morgan fingerprint density at radius 3 is 2.65 bits per heavy atom. The van der Waals surface area contributed by atoms with Crippen LogP contribution in [0.3, 0.4) is 0 Å². The molecular formula is C19H26N4. The Balaban J connectivity index is 1.83. The Labute approximate surface area is 139 Å². The number of nitrogens with one attached hydrogen (secondary N) is 1. The molecule has 2 aromatic rings. The molecule has 1 fully saturated rings. The molecule has 0 aliphatic carbocycles. The predicted octanol–water partition coefficient (Wildman–Crippen LogP) is 4.38. The lowest BCUT2D eigenvalue weighted by Gasteiger charge is -2.31. The van der Waals surface area contributed by atoms with Gasteiger partial charge in [0.15, 0.2) is 0 Å². The van der Waals surface area contributed by atoms with Crippen molar-refractivity contribution in [1.82, 2.24) is 9.97 Å². The molecule has 1 saturated heterocycles. The molecule has 0 radical (unpaired) electrons. The van der Waals surface area contributed by atoms with E-state index in [9.17, 15) is 0 Å². The van der Waals surface area contributed by atoms with Crippen molar-refractivity contribution in [2.24, 2.45) is 5.92 Å². The zero-order valence-electron chi connectivity index (χ0n) is 14.6. The van der Waals surface area contributed by atoms with E-state index >= 15 is 0 Å². The minimum atomic E-state index is 0.712. The topological polar surface area (TPSA) is 41.1 Å². The zero-order valence-corrected chi connectivity index (χ0v) is 14.6. The summed E-state index contributed by atoms with van der Waals surface area (Å²) in [7, 11) is 0. The molecule has 1 N–H and O–H groups in total. The molecule has 0 saturated carbocycles. The first-order valence-corrected chi connectivity index (χ1v) is 8.46. The summed E-state index contributed by atoms with van der Waals surface area (Å²) >= 11 is 0. The maximum absolute atomic E-state index is 4.74. The standard InChI is InChI=1S/C19H26N4/c1-13-6-5-9-23(12-13)19-20-16(4)11-18(22-19)21-17-8-7-14(2)15(3)10-17/h7-8,10-11,13H,5-6,9,12H2,1-4H3,(H,20,21,22). The van der Waals surface area contributed by atoms with Crippen LogP contribution in [0.2, 0.25) is 0 Å². The largest absolute Gasteiger partial charge is 0.340 e. The Morgan fingerprint density at radius 1 is 1.09 bits per heavy atom. The molecule has 0 amide bonds.